The van der Waals surface area contributed by atoms with Crippen molar-refractivity contribution in [2.75, 3.05) is 13.1 Å². The van der Waals surface area contributed by atoms with E-state index in [2.05, 4.69) is 40.1 Å². The van der Waals surface area contributed by atoms with Crippen molar-refractivity contribution >= 4 is 10.4 Å². The Hall–Kier alpha value is -0.683. The maximum Gasteiger partial charge on any atom is 0.0942 e. The van der Waals surface area contributed by atoms with E-state index in [-0.39, 0.29) is 0 Å². The van der Waals surface area contributed by atoms with Crippen LogP contribution in [0.5, 0.6) is 0 Å². The molecule has 3 N–H and O–H groups in total. The lowest BCUT2D eigenvalue weighted by Crippen LogP contribution is -2.31. The quantitative estimate of drug-likeness (QED) is 0.323. The Morgan fingerprint density at radius 2 is 1.86 bits per heavy atom. The Balaban J connectivity index is 1.99. The normalized spacial score (nSPS) is 10.6. The van der Waals surface area contributed by atoms with E-state index in [9.17, 15) is 0 Å². The number of hydrazine groups is 1. The van der Waals surface area contributed by atoms with Crippen molar-refractivity contribution in [2.24, 2.45) is 0 Å². The van der Waals surface area contributed by atoms with Crippen LogP contribution in [0.3, 0.4) is 0 Å². The molecule has 1 aromatic rings. The van der Waals surface area contributed by atoms with E-state index in [1.54, 1.807) is 0 Å². The molecular weight excluding hydrogens is 190 g/mol. The molecule has 0 unspecified atom stereocenters. The van der Waals surface area contributed by atoms with Crippen molar-refractivity contribution in [3.05, 3.63) is 35.9 Å². The first-order valence-electron chi connectivity index (χ1n) is 5.07. The van der Waals surface area contributed by atoms with Crippen LogP contribution in [-0.2, 0) is 6.54 Å². The summed E-state index contributed by atoms with van der Waals surface area (Å²) >= 11 is 0. The van der Waals surface area contributed by atoms with Gasteiger partial charge in [-0.25, -0.2) is 0 Å². The van der Waals surface area contributed by atoms with Gasteiger partial charge in [-0.1, -0.05) is 30.3 Å². The van der Waals surface area contributed by atoms with E-state index < -0.39 is 0 Å². The number of hydrogen-bond donors (Lipinski definition) is 3. The van der Waals surface area contributed by atoms with Gasteiger partial charge in [0.05, 0.1) is 10.4 Å². The third kappa shape index (κ3) is 5.13. The van der Waals surface area contributed by atoms with Gasteiger partial charge < -0.3 is 5.32 Å². The van der Waals surface area contributed by atoms with Gasteiger partial charge in [0.25, 0.3) is 0 Å². The fraction of sp³-hybridized carbons (Fsp3) is 0.400. The second-order valence-corrected chi connectivity index (χ2v) is 3.69. The van der Waals surface area contributed by atoms with Crippen molar-refractivity contribution in [3.63, 3.8) is 0 Å². The van der Waals surface area contributed by atoms with Crippen LogP contribution in [0, 0.1) is 0 Å². The first-order chi connectivity index (χ1) is 6.93. The van der Waals surface area contributed by atoms with Gasteiger partial charge in [0, 0.05) is 13.1 Å². The second kappa shape index (κ2) is 7.70. The smallest absolute Gasteiger partial charge is 0.0942 e. The molecule has 0 aliphatic carbocycles. The predicted molar refractivity (Wildman–Crippen MR) is 63.8 cm³/mol. The maximum atomic E-state index is 3.40. The molecule has 0 aliphatic rings. The van der Waals surface area contributed by atoms with Crippen LogP contribution in [0.15, 0.2) is 30.3 Å². The summed E-state index contributed by atoms with van der Waals surface area (Å²) < 4.78 is 0. The molecule has 4 heteroatoms. The molecule has 0 bridgehead atoms. The highest BCUT2D eigenvalue weighted by atomic mass is 28.2. The van der Waals surface area contributed by atoms with E-state index in [0.717, 1.165) is 36.5 Å². The highest BCUT2D eigenvalue weighted by Crippen LogP contribution is 1.96. The van der Waals surface area contributed by atoms with Crippen LogP contribution in [0.4, 0.5) is 0 Å². The minimum atomic E-state index is 0.967. The highest BCUT2D eigenvalue weighted by molar-refractivity contribution is 6.03. The van der Waals surface area contributed by atoms with Crippen LogP contribution < -0.4 is 15.8 Å². The van der Waals surface area contributed by atoms with E-state index in [0.29, 0.717) is 0 Å². The van der Waals surface area contributed by atoms with Gasteiger partial charge in [0.15, 0.2) is 0 Å². The molecule has 1 aromatic carbocycles. The molecule has 14 heavy (non-hydrogen) atoms. The lowest BCUT2D eigenvalue weighted by molar-refractivity contribution is 0.587. The molecule has 0 amide bonds. The van der Waals surface area contributed by atoms with Crippen molar-refractivity contribution in [2.45, 2.75) is 13.0 Å². The van der Waals surface area contributed by atoms with Crippen molar-refractivity contribution in [1.82, 2.24) is 15.8 Å². The molecule has 0 heterocycles. The van der Waals surface area contributed by atoms with Gasteiger partial charge in [-0.15, -0.1) is 0 Å². The molecule has 0 spiro atoms. The summed E-state index contributed by atoms with van der Waals surface area (Å²) in [7, 11) is 1.01. The third-order valence-corrected chi connectivity index (χ3v) is 2.36. The van der Waals surface area contributed by atoms with Gasteiger partial charge >= 0.3 is 0 Å². The zero-order chi connectivity index (χ0) is 10.1. The molecule has 0 atom stereocenters. The molecule has 0 fully saturated rings. The first kappa shape index (κ1) is 11.4. The average molecular weight is 209 g/mol. The summed E-state index contributed by atoms with van der Waals surface area (Å²) in [6, 6.07) is 10.5. The van der Waals surface area contributed by atoms with Crippen molar-refractivity contribution < 1.29 is 0 Å². The zero-order valence-electron chi connectivity index (χ0n) is 8.72. The van der Waals surface area contributed by atoms with Crippen LogP contribution in [0.2, 0.25) is 0 Å². The SMILES string of the molecule is [SiH3]NNCCCNCc1ccccc1. The molecule has 0 aromatic heterocycles. The predicted octanol–water partition coefficient (Wildman–Crippen LogP) is -0.459. The highest BCUT2D eigenvalue weighted by Gasteiger charge is 1.90. The van der Waals surface area contributed by atoms with E-state index in [1.807, 2.05) is 6.07 Å². The lowest BCUT2D eigenvalue weighted by atomic mass is 10.2. The number of nitrogens with one attached hydrogen (secondary N) is 3. The van der Waals surface area contributed by atoms with Gasteiger partial charge in [-0.05, 0) is 18.5 Å². The molecule has 0 saturated heterocycles. The molecular formula is C10H19N3Si. The summed E-state index contributed by atoms with van der Waals surface area (Å²) in [4.78, 5) is 0. The van der Waals surface area contributed by atoms with Crippen LogP contribution in [-0.4, -0.2) is 23.5 Å². The van der Waals surface area contributed by atoms with E-state index in [4.69, 9.17) is 0 Å². The topological polar surface area (TPSA) is 36.1 Å². The maximum absolute atomic E-state index is 3.40. The fourth-order valence-corrected chi connectivity index (χ4v) is 1.51. The van der Waals surface area contributed by atoms with E-state index in [1.165, 1.54) is 5.56 Å². The van der Waals surface area contributed by atoms with Crippen LogP contribution >= 0.6 is 0 Å². The molecule has 0 saturated carbocycles. The van der Waals surface area contributed by atoms with Crippen LogP contribution in [0.25, 0.3) is 0 Å². The number of hydrogen-bond acceptors (Lipinski definition) is 3. The summed E-state index contributed by atoms with van der Waals surface area (Å²) in [6.45, 7) is 3.06. The standard InChI is InChI=1S/C10H19N3Si/c14-13-12-8-4-7-11-9-10-5-2-1-3-6-10/h1-3,5-6,11-13H,4,7-9H2,14H3. The summed E-state index contributed by atoms with van der Waals surface area (Å²) in [6.07, 6.45) is 1.15. The minimum Gasteiger partial charge on any atom is -0.313 e. The summed E-state index contributed by atoms with van der Waals surface area (Å²) in [5.41, 5.74) is 4.47. The minimum absolute atomic E-state index is 0.967. The lowest BCUT2D eigenvalue weighted by Gasteiger charge is -2.05. The molecule has 3 nitrogen and oxygen atoms in total. The van der Waals surface area contributed by atoms with Crippen molar-refractivity contribution in [1.29, 1.82) is 0 Å². The Morgan fingerprint density at radius 3 is 2.57 bits per heavy atom. The Labute approximate surface area is 88.8 Å². The number of rotatable bonds is 7. The van der Waals surface area contributed by atoms with E-state index >= 15 is 0 Å². The monoisotopic (exact) mass is 209 g/mol. The zero-order valence-corrected chi connectivity index (χ0v) is 10.7. The van der Waals surface area contributed by atoms with Gasteiger partial charge in [0.1, 0.15) is 0 Å². The summed E-state index contributed by atoms with van der Waals surface area (Å²) in [5.74, 6) is 0. The Morgan fingerprint density at radius 1 is 1.07 bits per heavy atom. The first-order valence-corrected chi connectivity index (χ1v) is 6.07. The third-order valence-electron chi connectivity index (χ3n) is 2.00. The summed E-state index contributed by atoms with van der Waals surface area (Å²) in [5, 5.41) is 6.44. The number of benzene rings is 1. The fourth-order valence-electron chi connectivity index (χ4n) is 1.26. The Bertz CT molecular complexity index is 228. The van der Waals surface area contributed by atoms with Gasteiger partial charge in [-0.3, -0.25) is 10.5 Å². The molecule has 0 radical (unpaired) electrons. The van der Waals surface area contributed by atoms with Crippen molar-refractivity contribution in [3.8, 4) is 0 Å². The molecule has 0 aliphatic heterocycles. The molecule has 1 rings (SSSR count). The second-order valence-electron chi connectivity index (χ2n) is 3.19. The van der Waals surface area contributed by atoms with Crippen LogP contribution in [0.1, 0.15) is 12.0 Å². The molecule has 78 valence electrons. The largest absolute Gasteiger partial charge is 0.313 e. The Kier molecular flexibility index (Phi) is 6.26. The van der Waals surface area contributed by atoms with Gasteiger partial charge in [0.2, 0.25) is 0 Å². The average Bonchev–Trinajstić information content (AvgIpc) is 2.25. The van der Waals surface area contributed by atoms with Gasteiger partial charge in [-0.2, -0.15) is 0 Å².